The number of carbonyl (C=O) groups excluding carboxylic acids is 4. The van der Waals surface area contributed by atoms with Crippen LogP contribution in [-0.2, 0) is 30.4 Å². The molecule has 0 fully saturated rings. The summed E-state index contributed by atoms with van der Waals surface area (Å²) in [5, 5.41) is 17.8. The summed E-state index contributed by atoms with van der Waals surface area (Å²) >= 11 is 0. The Morgan fingerprint density at radius 3 is 2.14 bits per heavy atom. The molecule has 1 heterocycles. The zero-order valence-electron chi connectivity index (χ0n) is 23.9. The Balaban J connectivity index is 2.17. The predicted octanol–water partition coefficient (Wildman–Crippen LogP) is -2.37. The minimum atomic E-state index is -1.50. The maximum Gasteiger partial charge on any atom is 0.326 e. The molecule has 0 bridgehead atoms. The summed E-state index contributed by atoms with van der Waals surface area (Å²) in [5.41, 5.74) is 29.4. The Hall–Kier alpha value is -4.70. The van der Waals surface area contributed by atoms with Gasteiger partial charge in [-0.3, -0.25) is 24.2 Å². The number of amides is 4. The number of nitrogens with one attached hydrogen (secondary N) is 4. The lowest BCUT2D eigenvalue weighted by atomic mass is 10.0. The molecule has 0 aliphatic carbocycles. The van der Waals surface area contributed by atoms with Gasteiger partial charge < -0.3 is 54.7 Å². The highest BCUT2D eigenvalue weighted by Crippen LogP contribution is 2.19. The van der Waals surface area contributed by atoms with E-state index in [-0.39, 0.29) is 38.2 Å². The number of fused-ring (bicyclic) bond motifs is 1. The van der Waals surface area contributed by atoms with Crippen molar-refractivity contribution in [1.29, 1.82) is 0 Å². The van der Waals surface area contributed by atoms with E-state index in [9.17, 15) is 29.1 Å². The number of aromatic amines is 1. The zero-order chi connectivity index (χ0) is 31.9. The number of para-hydroxylation sites is 1. The van der Waals surface area contributed by atoms with Crippen molar-refractivity contribution in [2.45, 2.75) is 69.1 Å². The molecule has 16 nitrogen and oxygen atoms in total. The second-order valence-electron chi connectivity index (χ2n) is 10.1. The molecule has 0 saturated heterocycles. The third-order valence-electron chi connectivity index (χ3n) is 6.63. The van der Waals surface area contributed by atoms with Crippen molar-refractivity contribution in [3.8, 4) is 0 Å². The van der Waals surface area contributed by atoms with Gasteiger partial charge in [-0.25, -0.2) is 4.79 Å². The number of unbranched alkanes of at least 4 members (excludes halogenated alkanes) is 1. The summed E-state index contributed by atoms with van der Waals surface area (Å²) in [7, 11) is 0. The Bertz CT molecular complexity index is 1290. The Labute approximate surface area is 248 Å². The second kappa shape index (κ2) is 17.3. The predicted molar refractivity (Wildman–Crippen MR) is 160 cm³/mol. The highest BCUT2D eigenvalue weighted by Gasteiger charge is 2.31. The van der Waals surface area contributed by atoms with Crippen LogP contribution in [0.3, 0.4) is 0 Å². The highest BCUT2D eigenvalue weighted by atomic mass is 16.4. The normalized spacial score (nSPS) is 13.7. The fourth-order valence-corrected chi connectivity index (χ4v) is 4.39. The molecule has 16 heteroatoms. The number of hydrogen-bond acceptors (Lipinski definition) is 8. The number of aliphatic imine (C=N–C) groups is 1. The number of aromatic nitrogens is 1. The van der Waals surface area contributed by atoms with Crippen LogP contribution in [0.25, 0.3) is 10.9 Å². The summed E-state index contributed by atoms with van der Waals surface area (Å²) in [6.45, 7) is 0.500. The molecule has 4 atom stereocenters. The van der Waals surface area contributed by atoms with E-state index in [1.807, 2.05) is 24.3 Å². The molecule has 43 heavy (non-hydrogen) atoms. The van der Waals surface area contributed by atoms with E-state index in [1.54, 1.807) is 6.20 Å². The standard InChI is InChI=1S/C27H42N10O6/c28-10-4-3-8-20(26(42)43)36-25(41)21(13-22(30)38)37-24(40)19(9-5-11-33-27(31)32)35-23(39)17(29)12-15-14-34-18-7-2-1-6-16(15)18/h1-2,6-7,14,17,19-21,34H,3-5,8-13,28-29H2,(H2,30,38)(H,35,39)(H,36,41)(H,37,40)(H,42,43)(H4,31,32,33). The Kier molecular flexibility index (Phi) is 13.9. The van der Waals surface area contributed by atoms with Crippen molar-refractivity contribution < 1.29 is 29.1 Å². The summed E-state index contributed by atoms with van der Waals surface area (Å²) < 4.78 is 0. The number of benzene rings is 1. The van der Waals surface area contributed by atoms with E-state index in [0.717, 1.165) is 16.5 Å². The Morgan fingerprint density at radius 1 is 0.860 bits per heavy atom. The lowest BCUT2D eigenvalue weighted by Crippen LogP contribution is -2.57. The molecule has 0 spiro atoms. The second-order valence-corrected chi connectivity index (χ2v) is 10.1. The van der Waals surface area contributed by atoms with Gasteiger partial charge in [0, 0.05) is 23.6 Å². The number of primary amides is 1. The fourth-order valence-electron chi connectivity index (χ4n) is 4.39. The van der Waals surface area contributed by atoms with Gasteiger partial charge in [0.25, 0.3) is 0 Å². The monoisotopic (exact) mass is 602 g/mol. The van der Waals surface area contributed by atoms with Crippen molar-refractivity contribution in [3.63, 3.8) is 0 Å². The SMILES string of the molecule is NCCCCC(NC(=O)C(CC(N)=O)NC(=O)C(CCCN=C(N)N)NC(=O)C(N)Cc1c[nH]c2ccccc12)C(=O)O. The molecule has 2 aromatic rings. The molecular weight excluding hydrogens is 560 g/mol. The van der Waals surface area contributed by atoms with Crippen molar-refractivity contribution in [3.05, 3.63) is 36.0 Å². The van der Waals surface area contributed by atoms with Crippen molar-refractivity contribution in [2.24, 2.45) is 33.7 Å². The van der Waals surface area contributed by atoms with Gasteiger partial charge in [-0.2, -0.15) is 0 Å². The molecule has 4 unspecified atom stereocenters. The van der Waals surface area contributed by atoms with Gasteiger partial charge >= 0.3 is 5.97 Å². The van der Waals surface area contributed by atoms with Crippen LogP contribution in [0.2, 0.25) is 0 Å². The molecule has 2 rings (SSSR count). The average molecular weight is 603 g/mol. The van der Waals surface area contributed by atoms with Crippen LogP contribution < -0.4 is 44.6 Å². The van der Waals surface area contributed by atoms with E-state index < -0.39 is 60.2 Å². The molecular formula is C27H42N10O6. The van der Waals surface area contributed by atoms with Gasteiger partial charge in [0.1, 0.15) is 18.1 Å². The Morgan fingerprint density at radius 2 is 1.49 bits per heavy atom. The lowest BCUT2D eigenvalue weighted by Gasteiger charge is -2.25. The number of nitrogens with zero attached hydrogens (tertiary/aromatic N) is 1. The molecule has 0 radical (unpaired) electrons. The third-order valence-corrected chi connectivity index (χ3v) is 6.63. The maximum absolute atomic E-state index is 13.3. The maximum atomic E-state index is 13.3. The number of hydrogen-bond donors (Lipinski definition) is 10. The number of nitrogens with two attached hydrogens (primary N) is 5. The van der Waals surface area contributed by atoms with Gasteiger partial charge in [0.2, 0.25) is 23.6 Å². The number of carboxylic acids is 1. The first kappa shape index (κ1) is 34.5. The number of guanidine groups is 1. The van der Waals surface area contributed by atoms with Crippen molar-refractivity contribution in [1.82, 2.24) is 20.9 Å². The lowest BCUT2D eigenvalue weighted by molar-refractivity contribution is -0.142. The molecule has 1 aromatic carbocycles. The summed E-state index contributed by atoms with van der Waals surface area (Å²) in [6.07, 6.45) is 2.71. The van der Waals surface area contributed by atoms with Crippen LogP contribution in [-0.4, -0.2) is 82.9 Å². The summed E-state index contributed by atoms with van der Waals surface area (Å²) in [6, 6.07) is 2.51. The topological polar surface area (TPSA) is 300 Å². The fraction of sp³-hybridized carbons (Fsp3) is 0.481. The van der Waals surface area contributed by atoms with E-state index in [1.165, 1.54) is 0 Å². The quantitative estimate of drug-likeness (QED) is 0.0463. The number of rotatable bonds is 19. The number of aliphatic carboxylic acids is 1. The number of H-pyrrole nitrogens is 1. The highest BCUT2D eigenvalue weighted by molar-refractivity contribution is 5.96. The van der Waals surface area contributed by atoms with E-state index in [2.05, 4.69) is 25.9 Å². The molecule has 0 saturated carbocycles. The number of carbonyl (C=O) groups is 5. The van der Waals surface area contributed by atoms with Gasteiger partial charge in [-0.05, 0) is 56.7 Å². The molecule has 236 valence electrons. The van der Waals surface area contributed by atoms with Crippen molar-refractivity contribution in [2.75, 3.05) is 13.1 Å². The van der Waals surface area contributed by atoms with Crippen LogP contribution in [0.5, 0.6) is 0 Å². The molecule has 4 amide bonds. The van der Waals surface area contributed by atoms with Gasteiger partial charge in [-0.1, -0.05) is 18.2 Å². The van der Waals surface area contributed by atoms with E-state index >= 15 is 0 Å². The minimum absolute atomic E-state index is 0.0515. The van der Waals surface area contributed by atoms with Crippen LogP contribution in [0, 0.1) is 0 Å². The number of carboxylic acid groups (broad SMARTS) is 1. The van der Waals surface area contributed by atoms with Crippen LogP contribution >= 0.6 is 0 Å². The van der Waals surface area contributed by atoms with Crippen LogP contribution in [0.15, 0.2) is 35.5 Å². The zero-order valence-corrected chi connectivity index (χ0v) is 23.9. The van der Waals surface area contributed by atoms with Gasteiger partial charge in [0.05, 0.1) is 12.5 Å². The molecule has 15 N–H and O–H groups in total. The average Bonchev–Trinajstić information content (AvgIpc) is 3.35. The first-order valence-corrected chi connectivity index (χ1v) is 13.9. The first-order valence-electron chi connectivity index (χ1n) is 13.9. The molecule has 1 aromatic heterocycles. The van der Waals surface area contributed by atoms with E-state index in [0.29, 0.717) is 19.4 Å². The van der Waals surface area contributed by atoms with Crippen molar-refractivity contribution >= 4 is 46.5 Å². The largest absolute Gasteiger partial charge is 0.480 e. The van der Waals surface area contributed by atoms with Crippen LogP contribution in [0.1, 0.15) is 44.1 Å². The molecule has 0 aliphatic rings. The summed E-state index contributed by atoms with van der Waals surface area (Å²) in [4.78, 5) is 69.7. The smallest absolute Gasteiger partial charge is 0.326 e. The van der Waals surface area contributed by atoms with Gasteiger partial charge in [-0.15, -0.1) is 0 Å². The third kappa shape index (κ3) is 11.6. The summed E-state index contributed by atoms with van der Waals surface area (Å²) in [5.74, 6) is -4.71. The van der Waals surface area contributed by atoms with Crippen LogP contribution in [0.4, 0.5) is 0 Å². The van der Waals surface area contributed by atoms with Gasteiger partial charge in [0.15, 0.2) is 5.96 Å². The van der Waals surface area contributed by atoms with E-state index in [4.69, 9.17) is 28.7 Å². The first-order chi connectivity index (χ1) is 20.4. The molecule has 0 aliphatic heterocycles. The minimum Gasteiger partial charge on any atom is -0.480 e.